The Kier molecular flexibility index (Phi) is 6.28. The molecule has 132 valence electrons. The van der Waals surface area contributed by atoms with Crippen LogP contribution in [0.1, 0.15) is 30.9 Å². The molecule has 1 amide bonds. The normalized spacial score (nSPS) is 19.8. The van der Waals surface area contributed by atoms with Crippen molar-refractivity contribution < 1.29 is 22.7 Å². The molecule has 0 aromatic heterocycles. The maximum absolute atomic E-state index is 12.9. The molecular formula is C16H19F3N2O2S. The van der Waals surface area contributed by atoms with Crippen molar-refractivity contribution in [1.29, 1.82) is 0 Å². The second-order valence-corrected chi connectivity index (χ2v) is 6.89. The molecule has 2 unspecified atom stereocenters. The molecule has 1 aromatic rings. The van der Waals surface area contributed by atoms with E-state index in [-0.39, 0.29) is 11.4 Å². The van der Waals surface area contributed by atoms with Crippen molar-refractivity contribution in [3.63, 3.8) is 0 Å². The molecule has 1 aromatic carbocycles. The first-order chi connectivity index (χ1) is 11.3. The van der Waals surface area contributed by atoms with Crippen LogP contribution in [-0.2, 0) is 10.9 Å². The first-order valence-electron chi connectivity index (χ1n) is 7.51. The maximum Gasteiger partial charge on any atom is 0.433 e. The number of aliphatic imine (C=N–C) groups is 1. The summed E-state index contributed by atoms with van der Waals surface area (Å²) in [4.78, 5) is 15.4. The van der Waals surface area contributed by atoms with Gasteiger partial charge in [-0.2, -0.15) is 18.2 Å². The first kappa shape index (κ1) is 18.8. The van der Waals surface area contributed by atoms with Gasteiger partial charge >= 0.3 is 12.3 Å². The van der Waals surface area contributed by atoms with Gasteiger partial charge in [0.15, 0.2) is 0 Å². The van der Waals surface area contributed by atoms with Gasteiger partial charge in [-0.05, 0) is 25.5 Å². The second-order valence-electron chi connectivity index (χ2n) is 5.66. The van der Waals surface area contributed by atoms with Crippen molar-refractivity contribution in [2.24, 2.45) is 4.99 Å². The predicted octanol–water partition coefficient (Wildman–Crippen LogP) is 4.07. The van der Waals surface area contributed by atoms with Crippen LogP contribution in [0.3, 0.4) is 0 Å². The Bertz CT molecular complexity index is 599. The van der Waals surface area contributed by atoms with E-state index in [0.717, 1.165) is 12.1 Å². The van der Waals surface area contributed by atoms with Crippen molar-refractivity contribution in [2.75, 3.05) is 12.4 Å². The number of nitrogens with zero attached hydrogens (tertiary/aromatic N) is 1. The summed E-state index contributed by atoms with van der Waals surface area (Å²) in [6, 6.07) is 5.14. The molecule has 8 heteroatoms. The Hall–Kier alpha value is -1.54. The number of nitrogens with one attached hydrogen (secondary N) is 1. The van der Waals surface area contributed by atoms with Crippen LogP contribution in [0, 0.1) is 0 Å². The number of hydrogen-bond acceptors (Lipinski definition) is 4. The first-order valence-corrected chi connectivity index (χ1v) is 8.56. The minimum atomic E-state index is -4.41. The number of alkyl halides is 3. The summed E-state index contributed by atoms with van der Waals surface area (Å²) in [5.74, 6) is 0.303. The monoisotopic (exact) mass is 360 g/mol. The van der Waals surface area contributed by atoms with Gasteiger partial charge in [0.2, 0.25) is 0 Å². The maximum atomic E-state index is 12.9. The van der Waals surface area contributed by atoms with Crippen LogP contribution in [0.15, 0.2) is 29.3 Å². The highest BCUT2D eigenvalue weighted by Gasteiger charge is 2.32. The van der Waals surface area contributed by atoms with Gasteiger partial charge in [0, 0.05) is 29.8 Å². The van der Waals surface area contributed by atoms with Crippen LogP contribution >= 0.6 is 11.8 Å². The Morgan fingerprint density at radius 2 is 2.21 bits per heavy atom. The highest BCUT2D eigenvalue weighted by molar-refractivity contribution is 8.00. The van der Waals surface area contributed by atoms with Crippen LogP contribution in [0.5, 0.6) is 0 Å². The molecule has 1 aliphatic heterocycles. The van der Waals surface area contributed by atoms with Crippen molar-refractivity contribution in [2.45, 2.75) is 37.3 Å². The highest BCUT2D eigenvalue weighted by Crippen LogP contribution is 2.34. The van der Waals surface area contributed by atoms with Gasteiger partial charge in [0.05, 0.1) is 11.7 Å². The van der Waals surface area contributed by atoms with E-state index in [9.17, 15) is 18.0 Å². The van der Waals surface area contributed by atoms with E-state index in [4.69, 9.17) is 4.74 Å². The van der Waals surface area contributed by atoms with Crippen LogP contribution < -0.4 is 5.32 Å². The van der Waals surface area contributed by atoms with Crippen molar-refractivity contribution >= 4 is 24.1 Å². The lowest BCUT2D eigenvalue weighted by Crippen LogP contribution is -2.22. The van der Waals surface area contributed by atoms with Crippen molar-refractivity contribution in [1.82, 2.24) is 5.32 Å². The van der Waals surface area contributed by atoms with E-state index < -0.39 is 23.8 Å². The minimum Gasteiger partial charge on any atom is -0.445 e. The lowest BCUT2D eigenvalue weighted by atomic mass is 9.94. The fourth-order valence-electron chi connectivity index (χ4n) is 2.35. The Morgan fingerprint density at radius 3 is 2.79 bits per heavy atom. The van der Waals surface area contributed by atoms with Gasteiger partial charge in [-0.15, -0.1) is 11.8 Å². The third kappa shape index (κ3) is 5.24. The number of ether oxygens (including phenoxy) is 1. The van der Waals surface area contributed by atoms with Gasteiger partial charge in [0.1, 0.15) is 0 Å². The molecule has 0 saturated carbocycles. The molecule has 1 N–H and O–H groups in total. The van der Waals surface area contributed by atoms with E-state index in [0.29, 0.717) is 18.0 Å². The number of carbonyl (C=O) groups is 1. The molecule has 1 aliphatic rings. The molecule has 4 nitrogen and oxygen atoms in total. The summed E-state index contributed by atoms with van der Waals surface area (Å²) >= 11 is 1.59. The topological polar surface area (TPSA) is 50.7 Å². The summed E-state index contributed by atoms with van der Waals surface area (Å²) in [6.07, 6.45) is -4.05. The summed E-state index contributed by atoms with van der Waals surface area (Å²) in [7, 11) is 0. The van der Waals surface area contributed by atoms with E-state index in [1.807, 2.05) is 0 Å². The standard InChI is InChI=1S/C16H19F3N2O2S/c1-10(2)23-15(22)21-7-13(14-8-20-9-24-14)11-4-3-5-12(6-11)16(17,18)19/h3-7,10,13-14,20H,8-9H2,1-2H3. The second kappa shape index (κ2) is 8.02. The van der Waals surface area contributed by atoms with E-state index >= 15 is 0 Å². The predicted molar refractivity (Wildman–Crippen MR) is 88.5 cm³/mol. The zero-order chi connectivity index (χ0) is 17.7. The molecule has 0 radical (unpaired) electrons. The third-order valence-electron chi connectivity index (χ3n) is 3.42. The minimum absolute atomic E-state index is 0.00378. The zero-order valence-corrected chi connectivity index (χ0v) is 14.2. The molecule has 0 aliphatic carbocycles. The zero-order valence-electron chi connectivity index (χ0n) is 13.3. The highest BCUT2D eigenvalue weighted by atomic mass is 32.2. The molecule has 1 fully saturated rings. The lowest BCUT2D eigenvalue weighted by molar-refractivity contribution is -0.137. The van der Waals surface area contributed by atoms with Crippen molar-refractivity contribution in [3.05, 3.63) is 35.4 Å². The molecule has 1 saturated heterocycles. The number of thioether (sulfide) groups is 1. The van der Waals surface area contributed by atoms with Crippen molar-refractivity contribution in [3.8, 4) is 0 Å². The molecule has 0 bridgehead atoms. The van der Waals surface area contributed by atoms with Gasteiger partial charge in [-0.25, -0.2) is 4.79 Å². The Labute approximate surface area is 142 Å². The number of hydrogen-bond donors (Lipinski definition) is 1. The summed E-state index contributed by atoms with van der Waals surface area (Å²) in [5, 5.41) is 3.15. The Balaban J connectivity index is 2.26. The van der Waals surface area contributed by atoms with Crippen LogP contribution in [0.4, 0.5) is 18.0 Å². The molecule has 2 atom stereocenters. The number of rotatable bonds is 4. The smallest absolute Gasteiger partial charge is 0.433 e. The van der Waals surface area contributed by atoms with Crippen LogP contribution in [0.25, 0.3) is 0 Å². The number of benzene rings is 1. The van der Waals surface area contributed by atoms with Gasteiger partial charge < -0.3 is 10.1 Å². The average molecular weight is 360 g/mol. The van der Waals surface area contributed by atoms with Gasteiger partial charge in [-0.1, -0.05) is 18.2 Å². The Morgan fingerprint density at radius 1 is 1.46 bits per heavy atom. The molecule has 2 rings (SSSR count). The van der Waals surface area contributed by atoms with Gasteiger partial charge in [-0.3, -0.25) is 0 Å². The van der Waals surface area contributed by atoms with E-state index in [2.05, 4.69) is 10.3 Å². The molecule has 0 spiro atoms. The number of amides is 1. The average Bonchev–Trinajstić information content (AvgIpc) is 3.00. The summed E-state index contributed by atoms with van der Waals surface area (Å²) in [6.45, 7) is 4.04. The fraction of sp³-hybridized carbons (Fsp3) is 0.500. The van der Waals surface area contributed by atoms with Crippen LogP contribution in [0.2, 0.25) is 0 Å². The molecular weight excluding hydrogens is 341 g/mol. The SMILES string of the molecule is CC(C)OC(=O)N=CC(c1cccc(C(F)(F)F)c1)C1CNCS1. The summed E-state index contributed by atoms with van der Waals surface area (Å²) in [5.41, 5.74) is -0.230. The molecule has 1 heterocycles. The quantitative estimate of drug-likeness (QED) is 0.823. The fourth-order valence-corrected chi connectivity index (χ4v) is 3.47. The number of carbonyl (C=O) groups excluding carboxylic acids is 1. The number of halogens is 3. The molecule has 24 heavy (non-hydrogen) atoms. The van der Waals surface area contributed by atoms with E-state index in [1.54, 1.807) is 31.7 Å². The third-order valence-corrected chi connectivity index (χ3v) is 4.68. The van der Waals surface area contributed by atoms with Crippen LogP contribution in [-0.4, -0.2) is 36.1 Å². The van der Waals surface area contributed by atoms with E-state index in [1.165, 1.54) is 12.3 Å². The van der Waals surface area contributed by atoms with Gasteiger partial charge in [0.25, 0.3) is 0 Å². The summed E-state index contributed by atoms with van der Waals surface area (Å²) < 4.78 is 43.8. The lowest BCUT2D eigenvalue weighted by Gasteiger charge is -2.20. The largest absolute Gasteiger partial charge is 0.445 e.